The number of aromatic nitrogens is 1. The minimum absolute atomic E-state index is 0.132. The number of nitrogens with two attached hydrogens (primary N) is 1. The molecule has 0 aliphatic carbocycles. The van der Waals surface area contributed by atoms with Crippen LogP contribution in [0.15, 0.2) is 72.9 Å². The molecule has 0 spiro atoms. The van der Waals surface area contributed by atoms with Crippen LogP contribution in [0.5, 0.6) is 17.2 Å². The Balaban J connectivity index is 1.75. The number of phenolic OH excluding ortho intramolecular Hbond substituents is 1. The number of primary amides is 1. The van der Waals surface area contributed by atoms with Crippen molar-refractivity contribution in [1.82, 2.24) is 10.3 Å². The maximum atomic E-state index is 13.5. The summed E-state index contributed by atoms with van der Waals surface area (Å²) in [6.45, 7) is 1.92. The lowest BCUT2D eigenvalue weighted by atomic mass is 9.95. The van der Waals surface area contributed by atoms with Gasteiger partial charge in [0, 0.05) is 17.1 Å². The van der Waals surface area contributed by atoms with Crippen molar-refractivity contribution in [3.63, 3.8) is 0 Å². The zero-order valence-corrected chi connectivity index (χ0v) is 21.0. The molecule has 9 heteroatoms. The van der Waals surface area contributed by atoms with E-state index in [1.165, 1.54) is 0 Å². The average molecular weight is 520 g/mol. The number of aromatic hydroxyl groups is 1. The van der Waals surface area contributed by atoms with Crippen molar-refractivity contribution in [1.29, 1.82) is 0 Å². The molecule has 190 valence electrons. The van der Waals surface area contributed by atoms with E-state index in [-0.39, 0.29) is 12.2 Å². The number of nitrogens with zero attached hydrogens (tertiary/aromatic N) is 1. The Morgan fingerprint density at radius 3 is 2.41 bits per heavy atom. The van der Waals surface area contributed by atoms with E-state index in [1.807, 2.05) is 19.1 Å². The third kappa shape index (κ3) is 5.92. The molecule has 3 aromatic carbocycles. The van der Waals surface area contributed by atoms with Crippen molar-refractivity contribution in [2.24, 2.45) is 5.73 Å². The Kier molecular flexibility index (Phi) is 7.79. The summed E-state index contributed by atoms with van der Waals surface area (Å²) in [5.41, 5.74) is 7.68. The molecule has 2 unspecified atom stereocenters. The first-order valence-electron chi connectivity index (χ1n) is 11.5. The number of methoxy groups -OCH3 is 1. The molecule has 0 saturated carbocycles. The Hall–Kier alpha value is -4.30. The number of aryl methyl sites for hydroxylation is 1. The number of carbonyl (C=O) groups excluding carboxylic acids is 2. The van der Waals surface area contributed by atoms with E-state index in [0.29, 0.717) is 38.6 Å². The predicted molar refractivity (Wildman–Crippen MR) is 141 cm³/mol. The lowest BCUT2D eigenvalue weighted by molar-refractivity contribution is -0.132. The SMILES string of the molecule is COc1ccc(C(NC(=O)C(CC(N)=O)Oc2ccc(C)cc2)c2cc(Cl)c3cccnc3c2O)cc1. The van der Waals surface area contributed by atoms with Crippen molar-refractivity contribution in [2.75, 3.05) is 7.11 Å². The lowest BCUT2D eigenvalue weighted by Crippen LogP contribution is -2.42. The van der Waals surface area contributed by atoms with Crippen molar-refractivity contribution < 1.29 is 24.2 Å². The summed E-state index contributed by atoms with van der Waals surface area (Å²) in [4.78, 5) is 29.5. The average Bonchev–Trinajstić information content (AvgIpc) is 2.90. The monoisotopic (exact) mass is 519 g/mol. The number of benzene rings is 3. The number of fused-ring (bicyclic) bond motifs is 1. The maximum Gasteiger partial charge on any atom is 0.262 e. The largest absolute Gasteiger partial charge is 0.505 e. The predicted octanol–water partition coefficient (Wildman–Crippen LogP) is 4.44. The van der Waals surface area contributed by atoms with Gasteiger partial charge in [0.2, 0.25) is 5.91 Å². The number of pyridine rings is 1. The van der Waals surface area contributed by atoms with Crippen LogP contribution in [0.2, 0.25) is 5.02 Å². The van der Waals surface area contributed by atoms with Gasteiger partial charge < -0.3 is 25.6 Å². The third-order valence-electron chi connectivity index (χ3n) is 5.87. The molecule has 8 nitrogen and oxygen atoms in total. The van der Waals surface area contributed by atoms with E-state index in [4.69, 9.17) is 26.8 Å². The first-order valence-corrected chi connectivity index (χ1v) is 11.9. The van der Waals surface area contributed by atoms with Crippen LogP contribution >= 0.6 is 11.6 Å². The van der Waals surface area contributed by atoms with Crippen LogP contribution in [0.1, 0.15) is 29.2 Å². The van der Waals surface area contributed by atoms with E-state index in [9.17, 15) is 14.7 Å². The van der Waals surface area contributed by atoms with Gasteiger partial charge >= 0.3 is 0 Å². The van der Waals surface area contributed by atoms with E-state index >= 15 is 0 Å². The Morgan fingerprint density at radius 2 is 1.76 bits per heavy atom. The molecule has 0 radical (unpaired) electrons. The van der Waals surface area contributed by atoms with Gasteiger partial charge in [0.15, 0.2) is 6.10 Å². The molecule has 37 heavy (non-hydrogen) atoms. The number of phenols is 1. The molecule has 0 saturated heterocycles. The molecular formula is C28H26ClN3O5. The molecule has 1 aromatic heterocycles. The molecule has 2 amide bonds. The van der Waals surface area contributed by atoms with Crippen LogP contribution in [-0.4, -0.2) is 35.1 Å². The second kappa shape index (κ2) is 11.2. The summed E-state index contributed by atoms with van der Waals surface area (Å²) in [7, 11) is 1.55. The minimum Gasteiger partial charge on any atom is -0.505 e. The number of halogens is 1. The fourth-order valence-electron chi connectivity index (χ4n) is 3.95. The highest BCUT2D eigenvalue weighted by atomic mass is 35.5. The van der Waals surface area contributed by atoms with Crippen molar-refractivity contribution >= 4 is 34.3 Å². The molecule has 4 rings (SSSR count). The van der Waals surface area contributed by atoms with Gasteiger partial charge in [0.1, 0.15) is 22.8 Å². The Labute approximate surface area is 219 Å². The van der Waals surface area contributed by atoms with Crippen molar-refractivity contribution in [2.45, 2.75) is 25.5 Å². The minimum atomic E-state index is -1.21. The number of carbonyl (C=O) groups is 2. The second-order valence-corrected chi connectivity index (χ2v) is 8.91. The van der Waals surface area contributed by atoms with E-state index < -0.39 is 24.0 Å². The van der Waals surface area contributed by atoms with Crippen LogP contribution in [0.4, 0.5) is 0 Å². The van der Waals surface area contributed by atoms with Gasteiger partial charge in [-0.1, -0.05) is 41.4 Å². The van der Waals surface area contributed by atoms with Crippen LogP contribution in [0.25, 0.3) is 10.9 Å². The molecule has 4 aromatic rings. The first kappa shape index (κ1) is 25.8. The normalized spacial score (nSPS) is 12.5. The topological polar surface area (TPSA) is 124 Å². The van der Waals surface area contributed by atoms with Gasteiger partial charge in [0.05, 0.1) is 24.6 Å². The summed E-state index contributed by atoms with van der Waals surface area (Å²) in [6.07, 6.45) is -0.0141. The van der Waals surface area contributed by atoms with Crippen LogP contribution in [0, 0.1) is 6.92 Å². The van der Waals surface area contributed by atoms with E-state index in [1.54, 1.807) is 67.9 Å². The first-order chi connectivity index (χ1) is 17.8. The molecule has 2 atom stereocenters. The molecule has 1 heterocycles. The lowest BCUT2D eigenvalue weighted by Gasteiger charge is -2.25. The molecular weight excluding hydrogens is 494 g/mol. The number of nitrogens with one attached hydrogen (secondary N) is 1. The zero-order chi connectivity index (χ0) is 26.5. The summed E-state index contributed by atoms with van der Waals surface area (Å²) in [5, 5.41) is 15.0. The second-order valence-electron chi connectivity index (χ2n) is 8.50. The number of hydrogen-bond acceptors (Lipinski definition) is 6. The molecule has 0 fully saturated rings. The molecule has 4 N–H and O–H groups in total. The zero-order valence-electron chi connectivity index (χ0n) is 20.3. The number of amides is 2. The van der Waals surface area contributed by atoms with Gasteiger partial charge in [-0.15, -0.1) is 0 Å². The van der Waals surface area contributed by atoms with Crippen LogP contribution in [0.3, 0.4) is 0 Å². The Bertz CT molecular complexity index is 1420. The van der Waals surface area contributed by atoms with Gasteiger partial charge in [-0.3, -0.25) is 14.6 Å². The van der Waals surface area contributed by atoms with Gasteiger partial charge in [-0.25, -0.2) is 0 Å². The summed E-state index contributed by atoms with van der Waals surface area (Å²) < 4.78 is 11.1. The summed E-state index contributed by atoms with van der Waals surface area (Å²) in [6, 6.07) is 18.2. The third-order valence-corrected chi connectivity index (χ3v) is 6.18. The van der Waals surface area contributed by atoms with E-state index in [0.717, 1.165) is 5.56 Å². The fourth-order valence-corrected chi connectivity index (χ4v) is 4.22. The highest BCUT2D eigenvalue weighted by molar-refractivity contribution is 6.35. The number of ether oxygens (including phenoxy) is 2. The van der Waals surface area contributed by atoms with E-state index in [2.05, 4.69) is 10.3 Å². The highest BCUT2D eigenvalue weighted by Gasteiger charge is 2.29. The number of rotatable bonds is 9. The fraction of sp³-hybridized carbons (Fsp3) is 0.179. The Morgan fingerprint density at radius 1 is 1.08 bits per heavy atom. The van der Waals surface area contributed by atoms with Crippen molar-refractivity contribution in [3.05, 3.63) is 94.6 Å². The van der Waals surface area contributed by atoms with Crippen molar-refractivity contribution in [3.8, 4) is 17.2 Å². The summed E-state index contributed by atoms with van der Waals surface area (Å²) in [5.74, 6) is -0.405. The standard InChI is InChI=1S/C28H26ClN3O5/c1-16-5-9-19(10-6-16)37-23(15-24(30)33)28(35)32-25(17-7-11-18(36-2)12-8-17)21-14-22(29)20-4-3-13-31-26(20)27(21)34/h3-14,23,25,34H,15H2,1-2H3,(H2,30,33)(H,32,35). The van der Waals surface area contributed by atoms with Gasteiger partial charge in [-0.2, -0.15) is 0 Å². The quantitative estimate of drug-likeness (QED) is 0.300. The summed E-state index contributed by atoms with van der Waals surface area (Å²) >= 11 is 6.53. The molecule has 0 bridgehead atoms. The number of hydrogen-bond donors (Lipinski definition) is 3. The van der Waals surface area contributed by atoms with Crippen LogP contribution < -0.4 is 20.5 Å². The smallest absolute Gasteiger partial charge is 0.262 e. The molecule has 0 aliphatic rings. The highest BCUT2D eigenvalue weighted by Crippen LogP contribution is 2.38. The van der Waals surface area contributed by atoms with Gasteiger partial charge in [-0.05, 0) is 55.0 Å². The molecule has 0 aliphatic heterocycles. The maximum absolute atomic E-state index is 13.5. The van der Waals surface area contributed by atoms with Crippen LogP contribution in [-0.2, 0) is 9.59 Å². The van der Waals surface area contributed by atoms with Gasteiger partial charge in [0.25, 0.3) is 5.91 Å².